The minimum Gasteiger partial charge on any atom is -0.508 e. The summed E-state index contributed by atoms with van der Waals surface area (Å²) in [6, 6.07) is 2.44. The van der Waals surface area contributed by atoms with Crippen molar-refractivity contribution in [2.24, 2.45) is 0 Å². The smallest absolute Gasteiger partial charge is 0.342 e. The third kappa shape index (κ3) is 7.25. The van der Waals surface area contributed by atoms with Crippen LogP contribution < -0.4 is 5.48 Å². The first-order chi connectivity index (χ1) is 16.5. The molecule has 0 saturated carbocycles. The molecular formula is C26H32N2O6. The summed E-state index contributed by atoms with van der Waals surface area (Å²) in [7, 11) is 0. The molecule has 0 aromatic heterocycles. The van der Waals surface area contributed by atoms with Gasteiger partial charge in [0.25, 0.3) is 5.91 Å². The van der Waals surface area contributed by atoms with Gasteiger partial charge < -0.3 is 19.8 Å². The van der Waals surface area contributed by atoms with Crippen LogP contribution in [0.15, 0.2) is 54.3 Å². The number of nitrogens with one attached hydrogen (secondary N) is 1. The molecule has 1 saturated heterocycles. The molecule has 0 spiro atoms. The topological polar surface area (TPSA) is 108 Å². The van der Waals surface area contributed by atoms with Crippen molar-refractivity contribution in [3.05, 3.63) is 65.4 Å². The fraction of sp³-hybridized carbons (Fsp3) is 0.385. The second kappa shape index (κ2) is 12.6. The van der Waals surface area contributed by atoms with Gasteiger partial charge in [0, 0.05) is 25.6 Å². The number of phenolic OH excluding ortho intramolecular Hbond substituents is 2. The molecule has 3 N–H and O–H groups in total. The Hall–Kier alpha value is -3.52. The van der Waals surface area contributed by atoms with Crippen LogP contribution in [-0.2, 0) is 14.4 Å². The van der Waals surface area contributed by atoms with E-state index in [1.54, 1.807) is 23.1 Å². The minimum atomic E-state index is -0.714. The predicted molar refractivity (Wildman–Crippen MR) is 129 cm³/mol. The molecule has 2 aliphatic rings. The van der Waals surface area contributed by atoms with E-state index >= 15 is 0 Å². The number of nitrogens with zero attached hydrogens (tertiary/aromatic N) is 1. The third-order valence-corrected chi connectivity index (χ3v) is 5.67. The number of fused-ring (bicyclic) bond motifs is 1. The predicted octanol–water partition coefficient (Wildman–Crippen LogP) is 3.98. The van der Waals surface area contributed by atoms with Crippen molar-refractivity contribution in [2.75, 3.05) is 26.3 Å². The highest BCUT2D eigenvalue weighted by Gasteiger charge is 2.20. The van der Waals surface area contributed by atoms with Crippen molar-refractivity contribution < 1.29 is 29.4 Å². The normalized spacial score (nSPS) is 20.0. The molecule has 0 aliphatic carbocycles. The molecule has 34 heavy (non-hydrogen) atoms. The van der Waals surface area contributed by atoms with Crippen molar-refractivity contribution in [1.82, 2.24) is 10.4 Å². The number of benzene rings is 1. The van der Waals surface area contributed by atoms with Crippen LogP contribution in [0.2, 0.25) is 0 Å². The summed E-state index contributed by atoms with van der Waals surface area (Å²) in [5.74, 6) is -1.41. The molecule has 182 valence electrons. The van der Waals surface area contributed by atoms with Crippen LogP contribution in [0, 0.1) is 0 Å². The van der Waals surface area contributed by atoms with E-state index in [-0.39, 0.29) is 36.0 Å². The first-order valence-electron chi connectivity index (χ1n) is 11.6. The largest absolute Gasteiger partial charge is 0.508 e. The van der Waals surface area contributed by atoms with E-state index in [0.29, 0.717) is 12.1 Å². The van der Waals surface area contributed by atoms with E-state index in [0.717, 1.165) is 56.8 Å². The van der Waals surface area contributed by atoms with E-state index in [9.17, 15) is 19.8 Å². The summed E-state index contributed by atoms with van der Waals surface area (Å²) in [4.78, 5) is 32.4. The lowest BCUT2D eigenvalue weighted by molar-refractivity contribution is -0.139. The molecule has 0 unspecified atom stereocenters. The minimum absolute atomic E-state index is 0.0731. The zero-order valence-corrected chi connectivity index (χ0v) is 19.3. The van der Waals surface area contributed by atoms with Gasteiger partial charge in [0.15, 0.2) is 6.61 Å². The summed E-state index contributed by atoms with van der Waals surface area (Å²) in [5, 5.41) is 20.3. The number of carbonyl (C=O) groups excluding carboxylic acids is 2. The second-order valence-corrected chi connectivity index (χ2v) is 8.21. The highest BCUT2D eigenvalue weighted by molar-refractivity contribution is 5.97. The lowest BCUT2D eigenvalue weighted by Crippen LogP contribution is -2.39. The number of phenols is 2. The molecule has 2 aliphatic heterocycles. The number of allylic oxidation sites excluding steroid dienone is 4. The average Bonchev–Trinajstić information content (AvgIpc) is 2.82. The number of hydrogen-bond donors (Lipinski definition) is 3. The number of piperidine rings is 1. The van der Waals surface area contributed by atoms with Gasteiger partial charge in [0.05, 0.1) is 12.3 Å². The number of hydroxylamine groups is 1. The number of likely N-dealkylation sites (tertiary alicyclic amines) is 1. The van der Waals surface area contributed by atoms with Crippen molar-refractivity contribution in [1.29, 1.82) is 0 Å². The molecule has 0 atom stereocenters. The zero-order chi connectivity index (χ0) is 24.3. The van der Waals surface area contributed by atoms with E-state index in [2.05, 4.69) is 12.1 Å². The molecule has 1 aromatic carbocycles. The van der Waals surface area contributed by atoms with E-state index in [1.807, 2.05) is 12.2 Å². The molecule has 0 bridgehead atoms. The third-order valence-electron chi connectivity index (χ3n) is 5.67. The second-order valence-electron chi connectivity index (χ2n) is 8.21. The van der Waals surface area contributed by atoms with Crippen LogP contribution in [0.1, 0.15) is 54.4 Å². The highest BCUT2D eigenvalue weighted by atomic mass is 16.6. The summed E-state index contributed by atoms with van der Waals surface area (Å²) in [6.45, 7) is 5.25. The Balaban J connectivity index is 1.83. The van der Waals surface area contributed by atoms with Crippen LogP contribution >= 0.6 is 0 Å². The lowest BCUT2D eigenvalue weighted by Gasteiger charge is -2.26. The Labute approximate surface area is 199 Å². The molecule has 1 amide bonds. The Morgan fingerprint density at radius 1 is 1.21 bits per heavy atom. The molecule has 1 aromatic rings. The molecular weight excluding hydrogens is 436 g/mol. The maximum atomic E-state index is 12.7. The number of carbonyl (C=O) groups is 2. The Kier molecular flexibility index (Phi) is 9.34. The first-order valence-corrected chi connectivity index (χ1v) is 11.6. The number of esters is 1. The van der Waals surface area contributed by atoms with E-state index in [4.69, 9.17) is 9.57 Å². The number of ether oxygens (including phenoxy) is 1. The van der Waals surface area contributed by atoms with Gasteiger partial charge in [-0.3, -0.25) is 15.1 Å². The number of cyclic esters (lactones) is 1. The Morgan fingerprint density at radius 2 is 2.00 bits per heavy atom. The number of amides is 1. The molecule has 8 heteroatoms. The van der Waals surface area contributed by atoms with Gasteiger partial charge in [-0.1, -0.05) is 24.8 Å². The molecule has 3 rings (SSSR count). The van der Waals surface area contributed by atoms with Gasteiger partial charge in [-0.05, 0) is 61.5 Å². The van der Waals surface area contributed by atoms with Crippen LogP contribution in [0.4, 0.5) is 0 Å². The summed E-state index contributed by atoms with van der Waals surface area (Å²) in [5.41, 5.74) is 4.34. The first kappa shape index (κ1) is 25.1. The van der Waals surface area contributed by atoms with Crippen molar-refractivity contribution in [3.8, 4) is 11.5 Å². The fourth-order valence-corrected chi connectivity index (χ4v) is 3.86. The Bertz CT molecular complexity index is 989. The zero-order valence-electron chi connectivity index (χ0n) is 19.3. The molecule has 2 heterocycles. The Morgan fingerprint density at radius 3 is 2.76 bits per heavy atom. The van der Waals surface area contributed by atoms with Gasteiger partial charge in [-0.25, -0.2) is 4.79 Å². The van der Waals surface area contributed by atoms with Gasteiger partial charge in [0.2, 0.25) is 0 Å². The SMILES string of the molecule is C=CC1=CCC/C=C/C(NOCC(=O)N2CCCCC2)=C/c2cc(O)cc(O)c2C(=O)OCC1. The monoisotopic (exact) mass is 468 g/mol. The number of hydrogen-bond acceptors (Lipinski definition) is 7. The molecule has 0 radical (unpaired) electrons. The molecule has 1 fully saturated rings. The van der Waals surface area contributed by atoms with E-state index < -0.39 is 11.7 Å². The fourth-order valence-electron chi connectivity index (χ4n) is 3.86. The lowest BCUT2D eigenvalue weighted by atomic mass is 10.0. The van der Waals surface area contributed by atoms with Crippen LogP contribution in [-0.4, -0.2) is 53.3 Å². The average molecular weight is 469 g/mol. The summed E-state index contributed by atoms with van der Waals surface area (Å²) >= 11 is 0. The highest BCUT2D eigenvalue weighted by Crippen LogP contribution is 2.30. The van der Waals surface area contributed by atoms with Gasteiger partial charge in [-0.15, -0.1) is 0 Å². The van der Waals surface area contributed by atoms with Gasteiger partial charge in [-0.2, -0.15) is 0 Å². The van der Waals surface area contributed by atoms with Crippen molar-refractivity contribution >= 4 is 18.0 Å². The summed E-state index contributed by atoms with van der Waals surface area (Å²) in [6.07, 6.45) is 14.1. The van der Waals surface area contributed by atoms with Gasteiger partial charge >= 0.3 is 5.97 Å². The molecule has 8 nitrogen and oxygen atoms in total. The van der Waals surface area contributed by atoms with Gasteiger partial charge in [0.1, 0.15) is 17.1 Å². The quantitative estimate of drug-likeness (QED) is 0.443. The maximum absolute atomic E-state index is 12.7. The van der Waals surface area contributed by atoms with Crippen molar-refractivity contribution in [3.63, 3.8) is 0 Å². The maximum Gasteiger partial charge on any atom is 0.342 e. The van der Waals surface area contributed by atoms with Crippen LogP contribution in [0.3, 0.4) is 0 Å². The van der Waals surface area contributed by atoms with Crippen LogP contribution in [0.25, 0.3) is 6.08 Å². The number of aromatic hydroxyl groups is 2. The van der Waals surface area contributed by atoms with Crippen LogP contribution in [0.5, 0.6) is 11.5 Å². The van der Waals surface area contributed by atoms with Crippen molar-refractivity contribution in [2.45, 2.75) is 38.5 Å². The van der Waals surface area contributed by atoms with E-state index in [1.165, 1.54) is 6.07 Å². The number of rotatable bonds is 5. The standard InChI is InChI=1S/C26H32N2O6/c1-2-19-9-5-3-6-10-21(27-34-18-24(31)28-12-7-4-8-13-28)15-20-16-22(29)17-23(30)25(20)26(32)33-14-11-19/h2,6,9-10,15-17,27,29-30H,1,3-5,7-8,11-14,18H2/b10-6+,19-9?,21-15-. The summed E-state index contributed by atoms with van der Waals surface area (Å²) < 4.78 is 5.36.